The van der Waals surface area contributed by atoms with Gasteiger partial charge in [-0.05, 0) is 59.2 Å². The van der Waals surface area contributed by atoms with E-state index in [1.54, 1.807) is 53.7 Å². The largest absolute Gasteiger partial charge is 0.514 e. The van der Waals surface area contributed by atoms with Gasteiger partial charge in [-0.25, -0.2) is 14.4 Å². The molecule has 3 unspecified atom stereocenters. The molecule has 1 aromatic rings. The van der Waals surface area contributed by atoms with E-state index >= 15 is 0 Å². The maximum atomic E-state index is 12.9. The van der Waals surface area contributed by atoms with Crippen molar-refractivity contribution in [1.82, 2.24) is 5.32 Å². The second kappa shape index (κ2) is 12.7. The van der Waals surface area contributed by atoms with Crippen LogP contribution in [-0.4, -0.2) is 93.2 Å². The van der Waals surface area contributed by atoms with Crippen LogP contribution < -0.4 is 10.1 Å². The summed E-state index contributed by atoms with van der Waals surface area (Å²) in [5, 5.41) is 41.6. The van der Waals surface area contributed by atoms with Gasteiger partial charge in [0.15, 0.2) is 6.29 Å². The van der Waals surface area contributed by atoms with Gasteiger partial charge in [-0.2, -0.15) is 0 Å². The van der Waals surface area contributed by atoms with E-state index in [1.807, 2.05) is 0 Å². The fourth-order valence-corrected chi connectivity index (χ4v) is 3.27. The minimum absolute atomic E-state index is 0.0527. The molecule has 13 nitrogen and oxygen atoms in total. The molecule has 1 heterocycles. The van der Waals surface area contributed by atoms with E-state index in [-0.39, 0.29) is 12.2 Å². The maximum Gasteiger partial charge on any atom is 0.514 e. The zero-order valence-corrected chi connectivity index (χ0v) is 22.2. The number of rotatable bonds is 7. The van der Waals surface area contributed by atoms with Crippen molar-refractivity contribution in [1.29, 1.82) is 0 Å². The maximum absolute atomic E-state index is 12.9. The van der Waals surface area contributed by atoms with Crippen LogP contribution in [0.1, 0.15) is 47.1 Å². The van der Waals surface area contributed by atoms with E-state index in [2.05, 4.69) is 5.32 Å². The van der Waals surface area contributed by atoms with Crippen molar-refractivity contribution in [2.75, 3.05) is 6.61 Å². The number of carbonyl (C=O) groups excluding carboxylic acids is 3. The third kappa shape index (κ3) is 10.1. The second-order valence-corrected chi connectivity index (χ2v) is 10.8. The summed E-state index contributed by atoms with van der Waals surface area (Å²) in [7, 11) is 0. The average Bonchev–Trinajstić information content (AvgIpc) is 2.77. The van der Waals surface area contributed by atoms with Gasteiger partial charge < -0.3 is 49.4 Å². The highest BCUT2D eigenvalue weighted by molar-refractivity contribution is 5.81. The van der Waals surface area contributed by atoms with Crippen molar-refractivity contribution in [3.05, 3.63) is 29.8 Å². The number of ether oxygens (including phenoxy) is 5. The molecule has 0 saturated carbocycles. The van der Waals surface area contributed by atoms with Gasteiger partial charge in [0.05, 0.1) is 0 Å². The molecule has 1 aliphatic heterocycles. The number of aliphatic hydroxyl groups is 4. The van der Waals surface area contributed by atoms with E-state index in [9.17, 15) is 34.8 Å². The first-order valence-corrected chi connectivity index (χ1v) is 12.0. The fraction of sp³-hybridized carbons (Fsp3) is 0.640. The second-order valence-electron chi connectivity index (χ2n) is 10.8. The van der Waals surface area contributed by atoms with Crippen LogP contribution in [0.3, 0.4) is 0 Å². The lowest BCUT2D eigenvalue weighted by molar-refractivity contribution is -0.287. The number of aliphatic hydroxyl groups excluding tert-OH is 4. The average molecular weight is 544 g/mol. The minimum Gasteiger partial charge on any atom is -0.461 e. The molecule has 2 rings (SSSR count). The topological polar surface area (TPSA) is 190 Å². The summed E-state index contributed by atoms with van der Waals surface area (Å²) < 4.78 is 25.6. The molecule has 0 radical (unpaired) electrons. The zero-order valence-electron chi connectivity index (χ0n) is 22.2. The van der Waals surface area contributed by atoms with Crippen LogP contribution in [0.25, 0.3) is 0 Å². The van der Waals surface area contributed by atoms with Crippen molar-refractivity contribution < 1.29 is 58.5 Å². The Labute approximate surface area is 220 Å². The summed E-state index contributed by atoms with van der Waals surface area (Å²) in [5.41, 5.74) is -1.01. The zero-order chi connectivity index (χ0) is 28.8. The Morgan fingerprint density at radius 1 is 0.895 bits per heavy atom. The van der Waals surface area contributed by atoms with E-state index in [4.69, 9.17) is 23.7 Å². The number of esters is 1. The lowest BCUT2D eigenvalue weighted by Crippen LogP contribution is -2.59. The standard InChI is InChI=1S/C25H37NO12/c1-24(2,3)37-22(32)26-15(20(30)34-12-16-17(27)18(28)19(29)21(31)36-16)11-13-7-9-14(10-8-13)35-23(33)38-25(4,5)6/h7-10,15-19,21,27-29,31H,11-12H2,1-6H3,(H,26,32)/t15-,16?,17+,18?,19?,21+/m1/s1. The van der Waals surface area contributed by atoms with Crippen molar-refractivity contribution in [2.45, 2.75) is 95.9 Å². The summed E-state index contributed by atoms with van der Waals surface area (Å²) >= 11 is 0. The van der Waals surface area contributed by atoms with Gasteiger partial charge in [0, 0.05) is 6.42 Å². The molecule has 0 aliphatic carbocycles. The monoisotopic (exact) mass is 543 g/mol. The first-order valence-electron chi connectivity index (χ1n) is 12.0. The lowest BCUT2D eigenvalue weighted by Gasteiger charge is -2.38. The van der Waals surface area contributed by atoms with Crippen LogP contribution in [0.2, 0.25) is 0 Å². The number of amides is 1. The highest BCUT2D eigenvalue weighted by atomic mass is 16.7. The molecule has 5 N–H and O–H groups in total. The van der Waals surface area contributed by atoms with Crippen molar-refractivity contribution in [3.8, 4) is 5.75 Å². The summed E-state index contributed by atoms with van der Waals surface area (Å²) in [6.07, 6.45) is -10.0. The highest BCUT2D eigenvalue weighted by Crippen LogP contribution is 2.21. The first kappa shape index (κ1) is 31.2. The van der Waals surface area contributed by atoms with E-state index in [0.717, 1.165) is 0 Å². The van der Waals surface area contributed by atoms with Gasteiger partial charge in [-0.15, -0.1) is 0 Å². The van der Waals surface area contributed by atoms with Gasteiger partial charge in [0.2, 0.25) is 0 Å². The van der Waals surface area contributed by atoms with E-state index in [0.29, 0.717) is 5.56 Å². The number of benzene rings is 1. The van der Waals surface area contributed by atoms with Gasteiger partial charge >= 0.3 is 18.2 Å². The van der Waals surface area contributed by atoms with Gasteiger partial charge in [-0.3, -0.25) is 0 Å². The van der Waals surface area contributed by atoms with E-state index in [1.165, 1.54) is 12.1 Å². The Bertz CT molecular complexity index is 953. The number of carbonyl (C=O) groups is 3. The van der Waals surface area contributed by atoms with Crippen molar-refractivity contribution >= 4 is 18.2 Å². The quantitative estimate of drug-likeness (QED) is 0.185. The summed E-state index contributed by atoms with van der Waals surface area (Å²) in [4.78, 5) is 37.1. The van der Waals surface area contributed by atoms with Gasteiger partial charge in [-0.1, -0.05) is 12.1 Å². The Hall–Kier alpha value is -2.97. The van der Waals surface area contributed by atoms with Crippen molar-refractivity contribution in [2.24, 2.45) is 0 Å². The molecule has 1 saturated heterocycles. The minimum atomic E-state index is -1.80. The Morgan fingerprint density at radius 2 is 1.47 bits per heavy atom. The molecule has 1 aliphatic rings. The highest BCUT2D eigenvalue weighted by Gasteiger charge is 2.43. The molecule has 1 aromatic carbocycles. The SMILES string of the molecule is CC(C)(C)OC(=O)N[C@H](Cc1ccc(OC(=O)OC(C)(C)C)cc1)C(=O)OCC1O[C@H](O)C(O)C(O)[C@H]1O. The molecule has 1 fully saturated rings. The predicted octanol–water partition coefficient (Wildman–Crippen LogP) is 0.779. The van der Waals surface area contributed by atoms with E-state index < -0.39 is 72.8 Å². The van der Waals surface area contributed by atoms with Crippen LogP contribution in [0.4, 0.5) is 9.59 Å². The lowest BCUT2D eigenvalue weighted by atomic mass is 9.99. The third-order valence-corrected chi connectivity index (χ3v) is 5.01. The summed E-state index contributed by atoms with van der Waals surface area (Å²) in [6, 6.07) is 4.85. The van der Waals surface area contributed by atoms with Crippen LogP contribution >= 0.6 is 0 Å². The number of alkyl carbamates (subject to hydrolysis) is 1. The van der Waals surface area contributed by atoms with Crippen LogP contribution in [0, 0.1) is 0 Å². The summed E-state index contributed by atoms with van der Waals surface area (Å²) in [6.45, 7) is 9.45. The number of hydrogen-bond donors (Lipinski definition) is 5. The molecule has 1 amide bonds. The molecule has 0 spiro atoms. The van der Waals surface area contributed by atoms with Gasteiger partial charge in [0.1, 0.15) is 54.0 Å². The Balaban J connectivity index is 2.08. The molecule has 38 heavy (non-hydrogen) atoms. The van der Waals surface area contributed by atoms with Crippen LogP contribution in [-0.2, 0) is 30.2 Å². The van der Waals surface area contributed by atoms with Crippen LogP contribution in [0.5, 0.6) is 5.75 Å². The Morgan fingerprint density at radius 3 is 2.03 bits per heavy atom. The normalized spacial score (nSPS) is 24.6. The predicted molar refractivity (Wildman–Crippen MR) is 130 cm³/mol. The van der Waals surface area contributed by atoms with Crippen LogP contribution in [0.15, 0.2) is 24.3 Å². The number of nitrogens with one attached hydrogen (secondary N) is 1. The van der Waals surface area contributed by atoms with Gasteiger partial charge in [0.25, 0.3) is 0 Å². The smallest absolute Gasteiger partial charge is 0.461 e. The molecule has 0 bridgehead atoms. The molecule has 6 atom stereocenters. The molecule has 214 valence electrons. The third-order valence-electron chi connectivity index (χ3n) is 5.01. The number of hydrogen-bond acceptors (Lipinski definition) is 12. The first-order chi connectivity index (χ1) is 17.4. The molecule has 0 aromatic heterocycles. The fourth-order valence-electron chi connectivity index (χ4n) is 3.27. The van der Waals surface area contributed by atoms with Crippen molar-refractivity contribution in [3.63, 3.8) is 0 Å². The molecule has 13 heteroatoms. The molecular weight excluding hydrogens is 506 g/mol. The Kier molecular flexibility index (Phi) is 10.5. The molecular formula is C25H37NO12. The summed E-state index contributed by atoms with van der Waals surface area (Å²) in [5.74, 6) is -0.721.